The van der Waals surface area contributed by atoms with E-state index in [1.165, 1.54) is 32.1 Å². The van der Waals surface area contributed by atoms with Crippen LogP contribution in [0.4, 0.5) is 0 Å². The lowest BCUT2D eigenvalue weighted by Gasteiger charge is -2.03. The third kappa shape index (κ3) is 6.20. The summed E-state index contributed by atoms with van der Waals surface area (Å²) >= 11 is 6.03. The third-order valence-corrected chi connectivity index (χ3v) is 3.52. The first-order valence-electron chi connectivity index (χ1n) is 6.99. The number of unbranched alkanes of at least 4 members (excludes halogenated alkanes) is 5. The number of carbonyl (C=O) groups excluding carboxylic acids is 1. The van der Waals surface area contributed by atoms with Crippen molar-refractivity contribution in [2.45, 2.75) is 58.3 Å². The van der Waals surface area contributed by atoms with Gasteiger partial charge in [-0.2, -0.15) is 0 Å². The van der Waals surface area contributed by atoms with E-state index in [-0.39, 0.29) is 0 Å². The molecule has 0 heterocycles. The molecule has 1 aromatic carbocycles. The molecular formula is C16H23ClO. The molecule has 1 rings (SSSR count). The largest absolute Gasteiger partial charge is 0.299 e. The number of halogens is 1. The van der Waals surface area contributed by atoms with Crippen molar-refractivity contribution >= 4 is 17.4 Å². The van der Waals surface area contributed by atoms with Gasteiger partial charge >= 0.3 is 0 Å². The normalized spacial score (nSPS) is 10.6. The highest BCUT2D eigenvalue weighted by Gasteiger charge is 2.06. The van der Waals surface area contributed by atoms with E-state index in [2.05, 4.69) is 6.92 Å². The van der Waals surface area contributed by atoms with Crippen LogP contribution in [0.5, 0.6) is 0 Å². The van der Waals surface area contributed by atoms with Crippen molar-refractivity contribution in [1.29, 1.82) is 0 Å². The molecule has 0 saturated carbocycles. The van der Waals surface area contributed by atoms with Gasteiger partial charge in [0.25, 0.3) is 0 Å². The van der Waals surface area contributed by atoms with E-state index in [0.717, 1.165) is 12.0 Å². The maximum absolute atomic E-state index is 11.8. The Hall–Kier alpha value is -0.820. The van der Waals surface area contributed by atoms with E-state index in [4.69, 9.17) is 11.6 Å². The second-order valence-corrected chi connectivity index (χ2v) is 5.23. The average molecular weight is 267 g/mol. The standard InChI is InChI=1S/C16H23ClO/c1-2-3-4-5-6-7-11-15(18)13-14-10-8-9-12-16(14)17/h8-10,12H,2-7,11,13H2,1H3. The van der Waals surface area contributed by atoms with Gasteiger partial charge in [0.15, 0.2) is 0 Å². The molecule has 0 aromatic heterocycles. The lowest BCUT2D eigenvalue weighted by Crippen LogP contribution is -2.02. The van der Waals surface area contributed by atoms with Crippen LogP contribution in [-0.2, 0) is 11.2 Å². The van der Waals surface area contributed by atoms with Crippen LogP contribution in [0.15, 0.2) is 24.3 Å². The van der Waals surface area contributed by atoms with Gasteiger partial charge in [-0.3, -0.25) is 4.79 Å². The second kappa shape index (κ2) is 9.16. The summed E-state index contributed by atoms with van der Waals surface area (Å²) in [5, 5.41) is 0.703. The summed E-state index contributed by atoms with van der Waals surface area (Å²) in [6.07, 6.45) is 8.51. The lowest BCUT2D eigenvalue weighted by atomic mass is 10.0. The maximum atomic E-state index is 11.8. The molecule has 0 N–H and O–H groups in total. The van der Waals surface area contributed by atoms with Gasteiger partial charge in [-0.05, 0) is 18.1 Å². The predicted molar refractivity (Wildman–Crippen MR) is 78.2 cm³/mol. The zero-order chi connectivity index (χ0) is 13.2. The van der Waals surface area contributed by atoms with Gasteiger partial charge in [0, 0.05) is 17.9 Å². The monoisotopic (exact) mass is 266 g/mol. The second-order valence-electron chi connectivity index (χ2n) is 4.82. The lowest BCUT2D eigenvalue weighted by molar-refractivity contribution is -0.118. The number of hydrogen-bond acceptors (Lipinski definition) is 1. The summed E-state index contributed by atoms with van der Waals surface area (Å²) < 4.78 is 0. The number of carbonyl (C=O) groups is 1. The van der Waals surface area contributed by atoms with Crippen molar-refractivity contribution in [3.05, 3.63) is 34.9 Å². The minimum Gasteiger partial charge on any atom is -0.299 e. The summed E-state index contributed by atoms with van der Waals surface area (Å²) in [6, 6.07) is 7.60. The van der Waals surface area contributed by atoms with Gasteiger partial charge in [-0.25, -0.2) is 0 Å². The Balaban J connectivity index is 2.16. The average Bonchev–Trinajstić information content (AvgIpc) is 2.36. The van der Waals surface area contributed by atoms with Gasteiger partial charge < -0.3 is 0 Å². The van der Waals surface area contributed by atoms with E-state index in [0.29, 0.717) is 23.6 Å². The van der Waals surface area contributed by atoms with Crippen molar-refractivity contribution in [3.8, 4) is 0 Å². The van der Waals surface area contributed by atoms with Crippen molar-refractivity contribution in [3.63, 3.8) is 0 Å². The number of hydrogen-bond donors (Lipinski definition) is 0. The Labute approximate surface area is 116 Å². The van der Waals surface area contributed by atoms with Crippen LogP contribution < -0.4 is 0 Å². The molecule has 0 spiro atoms. The smallest absolute Gasteiger partial charge is 0.137 e. The SMILES string of the molecule is CCCCCCCCC(=O)Cc1ccccc1Cl. The quantitative estimate of drug-likeness (QED) is 0.561. The topological polar surface area (TPSA) is 17.1 Å². The van der Waals surface area contributed by atoms with Crippen LogP contribution in [-0.4, -0.2) is 5.78 Å². The summed E-state index contributed by atoms with van der Waals surface area (Å²) in [4.78, 5) is 11.8. The molecule has 0 aliphatic heterocycles. The Kier molecular flexibility index (Phi) is 7.75. The third-order valence-electron chi connectivity index (χ3n) is 3.15. The molecule has 0 atom stereocenters. The van der Waals surface area contributed by atoms with Gasteiger partial charge in [0.05, 0.1) is 0 Å². The van der Waals surface area contributed by atoms with E-state index in [1.54, 1.807) is 0 Å². The van der Waals surface area contributed by atoms with Crippen LogP contribution in [0.2, 0.25) is 5.02 Å². The molecular weight excluding hydrogens is 244 g/mol. The van der Waals surface area contributed by atoms with E-state index >= 15 is 0 Å². The minimum absolute atomic E-state index is 0.304. The summed E-state index contributed by atoms with van der Waals surface area (Å²) in [6.45, 7) is 2.22. The van der Waals surface area contributed by atoms with Gasteiger partial charge in [0.2, 0.25) is 0 Å². The molecule has 0 aliphatic carbocycles. The van der Waals surface area contributed by atoms with Gasteiger partial charge in [0.1, 0.15) is 5.78 Å². The molecule has 0 fully saturated rings. The molecule has 0 aliphatic rings. The van der Waals surface area contributed by atoms with Crippen molar-refractivity contribution in [2.24, 2.45) is 0 Å². The Morgan fingerprint density at radius 1 is 1.06 bits per heavy atom. The maximum Gasteiger partial charge on any atom is 0.137 e. The molecule has 18 heavy (non-hydrogen) atoms. The predicted octanol–water partition coefficient (Wildman–Crippen LogP) is 5.20. The Morgan fingerprint density at radius 2 is 1.72 bits per heavy atom. The van der Waals surface area contributed by atoms with E-state index in [9.17, 15) is 4.79 Å². The molecule has 0 amide bonds. The van der Waals surface area contributed by atoms with Crippen LogP contribution in [0.1, 0.15) is 57.4 Å². The summed E-state index contributed by atoms with van der Waals surface area (Å²) in [7, 11) is 0. The van der Waals surface area contributed by atoms with E-state index < -0.39 is 0 Å². The summed E-state index contributed by atoms with van der Waals surface area (Å²) in [5.74, 6) is 0.304. The van der Waals surface area contributed by atoms with Gasteiger partial charge in [-0.15, -0.1) is 0 Å². The van der Waals surface area contributed by atoms with Crippen LogP contribution in [0.25, 0.3) is 0 Å². The number of rotatable bonds is 9. The molecule has 0 radical (unpaired) electrons. The highest BCUT2D eigenvalue weighted by Crippen LogP contribution is 2.17. The number of benzene rings is 1. The molecule has 1 aromatic rings. The fourth-order valence-corrected chi connectivity index (χ4v) is 2.25. The van der Waals surface area contributed by atoms with Crippen molar-refractivity contribution in [1.82, 2.24) is 0 Å². The van der Waals surface area contributed by atoms with Crippen molar-refractivity contribution in [2.75, 3.05) is 0 Å². The zero-order valence-corrected chi connectivity index (χ0v) is 12.0. The molecule has 2 heteroatoms. The van der Waals surface area contributed by atoms with Crippen molar-refractivity contribution < 1.29 is 4.79 Å². The fourth-order valence-electron chi connectivity index (χ4n) is 2.05. The highest BCUT2D eigenvalue weighted by atomic mass is 35.5. The van der Waals surface area contributed by atoms with Crippen LogP contribution in [0.3, 0.4) is 0 Å². The van der Waals surface area contributed by atoms with E-state index in [1.807, 2.05) is 24.3 Å². The Morgan fingerprint density at radius 3 is 2.44 bits per heavy atom. The van der Waals surface area contributed by atoms with Crippen LogP contribution >= 0.6 is 11.6 Å². The fraction of sp³-hybridized carbons (Fsp3) is 0.562. The molecule has 0 bridgehead atoms. The molecule has 0 saturated heterocycles. The minimum atomic E-state index is 0.304. The molecule has 0 unspecified atom stereocenters. The molecule has 1 nitrogen and oxygen atoms in total. The first-order chi connectivity index (χ1) is 8.74. The van der Waals surface area contributed by atoms with Crippen LogP contribution in [0, 0.1) is 0 Å². The Bertz CT molecular complexity index is 360. The number of Topliss-reactive ketones (excluding diaryl/α,β-unsaturated/α-hetero) is 1. The zero-order valence-electron chi connectivity index (χ0n) is 11.3. The highest BCUT2D eigenvalue weighted by molar-refractivity contribution is 6.31. The van der Waals surface area contributed by atoms with Gasteiger partial charge in [-0.1, -0.05) is 68.8 Å². The summed E-state index contributed by atoms with van der Waals surface area (Å²) in [5.41, 5.74) is 0.954. The first kappa shape index (κ1) is 15.2. The first-order valence-corrected chi connectivity index (χ1v) is 7.37. The number of ketones is 1. The molecule has 100 valence electrons.